The van der Waals surface area contributed by atoms with Gasteiger partial charge >= 0.3 is 11.9 Å². The van der Waals surface area contributed by atoms with Crippen molar-refractivity contribution in [2.45, 2.75) is 65.3 Å². The zero-order valence-electron chi connectivity index (χ0n) is 20.0. The molecule has 0 unspecified atom stereocenters. The van der Waals surface area contributed by atoms with Crippen molar-refractivity contribution < 1.29 is 24.5 Å². The molecule has 0 aliphatic heterocycles. The predicted molar refractivity (Wildman–Crippen MR) is 125 cm³/mol. The average Bonchev–Trinajstić information content (AvgIpc) is 3.20. The lowest BCUT2D eigenvalue weighted by Gasteiger charge is -2.35. The first kappa shape index (κ1) is 27.2. The first-order chi connectivity index (χ1) is 16.0. The van der Waals surface area contributed by atoms with Crippen LogP contribution >= 0.6 is 0 Å². The number of rotatable bonds is 15. The summed E-state index contributed by atoms with van der Waals surface area (Å²) in [5.74, 6) is -2.39. The molecule has 8 N–H and O–H groups in total. The molecule has 2 rings (SSSR count). The first-order valence-corrected chi connectivity index (χ1v) is 11.4. The lowest BCUT2D eigenvalue weighted by Crippen LogP contribution is -2.59. The van der Waals surface area contributed by atoms with Crippen LogP contribution in [0.25, 0.3) is 11.2 Å². The third-order valence-corrected chi connectivity index (χ3v) is 6.07. The number of carboxylic acid groups (broad SMARTS) is 2. The van der Waals surface area contributed by atoms with Gasteiger partial charge in [-0.2, -0.15) is 4.98 Å². The fraction of sp³-hybridized carbons (Fsp3) is 0.667. The summed E-state index contributed by atoms with van der Waals surface area (Å²) in [6, 6.07) is -0.668. The maximum absolute atomic E-state index is 12.3. The van der Waals surface area contributed by atoms with Crippen LogP contribution in [0.3, 0.4) is 0 Å². The Morgan fingerprint density at radius 1 is 1.15 bits per heavy atom. The number of aromatic amines is 2. The highest BCUT2D eigenvalue weighted by Crippen LogP contribution is 2.24. The van der Waals surface area contributed by atoms with E-state index in [4.69, 9.17) is 10.5 Å². The number of hydrogen-bond acceptors (Lipinski definition) is 9. The van der Waals surface area contributed by atoms with Crippen molar-refractivity contribution in [2.75, 3.05) is 18.8 Å². The monoisotopic (exact) mass is 481 g/mol. The van der Waals surface area contributed by atoms with Crippen molar-refractivity contribution in [3.63, 3.8) is 0 Å². The summed E-state index contributed by atoms with van der Waals surface area (Å²) in [6.07, 6.45) is 1.73. The van der Waals surface area contributed by atoms with Crippen LogP contribution in [0.5, 0.6) is 0 Å². The average molecular weight is 482 g/mol. The van der Waals surface area contributed by atoms with Crippen molar-refractivity contribution in [3.8, 4) is 0 Å². The second-order valence-electron chi connectivity index (χ2n) is 8.41. The van der Waals surface area contributed by atoms with Gasteiger partial charge in [-0.1, -0.05) is 34.1 Å². The van der Waals surface area contributed by atoms with Crippen LogP contribution in [0.4, 0.5) is 5.95 Å². The summed E-state index contributed by atoms with van der Waals surface area (Å²) in [5, 5.41) is 25.5. The fourth-order valence-electron chi connectivity index (χ4n) is 3.61. The van der Waals surface area contributed by atoms with Gasteiger partial charge in [-0.05, 0) is 31.8 Å². The van der Waals surface area contributed by atoms with Crippen LogP contribution in [-0.4, -0.2) is 66.9 Å². The predicted octanol–water partition coefficient (Wildman–Crippen LogP) is 0.641. The van der Waals surface area contributed by atoms with Crippen molar-refractivity contribution in [3.05, 3.63) is 16.2 Å². The number of H-pyrrole nitrogens is 2. The van der Waals surface area contributed by atoms with E-state index in [1.54, 1.807) is 6.92 Å². The molecule has 0 saturated carbocycles. The Morgan fingerprint density at radius 3 is 2.44 bits per heavy atom. The number of nitrogens with two attached hydrogens (primary N) is 1. The zero-order valence-corrected chi connectivity index (χ0v) is 20.0. The lowest BCUT2D eigenvalue weighted by atomic mass is 9.94. The van der Waals surface area contributed by atoms with E-state index in [0.717, 1.165) is 6.42 Å². The number of anilines is 1. The van der Waals surface area contributed by atoms with Gasteiger partial charge in [0.1, 0.15) is 18.5 Å². The number of hydrogen-bond donors (Lipinski definition) is 7. The summed E-state index contributed by atoms with van der Waals surface area (Å²) in [5.41, 5.74) is 3.56. The quantitative estimate of drug-likeness (QED) is 0.139. The van der Waals surface area contributed by atoms with Gasteiger partial charge in [0.15, 0.2) is 11.2 Å². The number of nitrogens with zero attached hydrogens (tertiary/aromatic N) is 2. The molecule has 190 valence electrons. The molecule has 2 aromatic rings. The minimum absolute atomic E-state index is 0.0343. The molecular formula is C21H35N7O6. The first-order valence-electron chi connectivity index (χ1n) is 11.4. The highest BCUT2D eigenvalue weighted by Gasteiger charge is 2.44. The minimum Gasteiger partial charge on any atom is -0.480 e. The van der Waals surface area contributed by atoms with Gasteiger partial charge < -0.3 is 31.0 Å². The molecule has 0 aromatic carbocycles. The van der Waals surface area contributed by atoms with E-state index in [2.05, 4.69) is 30.6 Å². The van der Waals surface area contributed by atoms with Crippen molar-refractivity contribution in [2.24, 2.45) is 11.8 Å². The molecule has 0 aliphatic rings. The van der Waals surface area contributed by atoms with E-state index in [1.807, 2.05) is 20.8 Å². The Kier molecular flexibility index (Phi) is 9.53. The number of ether oxygens (including phenoxy) is 1. The minimum atomic E-state index is -1.71. The maximum Gasteiger partial charge on any atom is 0.351 e. The van der Waals surface area contributed by atoms with Crippen LogP contribution < -0.4 is 21.9 Å². The number of aliphatic carboxylic acids is 2. The van der Waals surface area contributed by atoms with E-state index in [9.17, 15) is 24.6 Å². The number of nitrogens with one attached hydrogen (secondary N) is 4. The maximum atomic E-state index is 12.3. The number of fused-ring (bicyclic) bond motifs is 1. The third kappa shape index (κ3) is 6.30. The molecule has 2 aromatic heterocycles. The summed E-state index contributed by atoms with van der Waals surface area (Å²) in [6.45, 7) is 7.86. The molecule has 0 fully saturated rings. The molecule has 0 spiro atoms. The van der Waals surface area contributed by atoms with Crippen molar-refractivity contribution in [1.29, 1.82) is 0 Å². The molecule has 0 saturated heterocycles. The molecule has 2 heterocycles. The van der Waals surface area contributed by atoms with E-state index >= 15 is 0 Å². The van der Waals surface area contributed by atoms with Gasteiger partial charge in [-0.15, -0.1) is 0 Å². The summed E-state index contributed by atoms with van der Waals surface area (Å²) in [4.78, 5) is 49.0. The van der Waals surface area contributed by atoms with Gasteiger partial charge in [0.25, 0.3) is 5.56 Å². The second-order valence-corrected chi connectivity index (χ2v) is 8.41. The molecule has 0 aliphatic carbocycles. The normalized spacial score (nSPS) is 16.1. The largest absolute Gasteiger partial charge is 0.480 e. The Labute approximate surface area is 196 Å². The third-order valence-electron chi connectivity index (χ3n) is 6.07. The Balaban J connectivity index is 2.08. The molecule has 34 heavy (non-hydrogen) atoms. The highest BCUT2D eigenvalue weighted by molar-refractivity contribution is 5.77. The lowest BCUT2D eigenvalue weighted by molar-refractivity contribution is -0.184. The molecule has 13 nitrogen and oxygen atoms in total. The van der Waals surface area contributed by atoms with E-state index in [0.29, 0.717) is 19.4 Å². The molecule has 4 atom stereocenters. The smallest absolute Gasteiger partial charge is 0.351 e. The Morgan fingerprint density at radius 2 is 1.85 bits per heavy atom. The molecular weight excluding hydrogens is 446 g/mol. The fourth-order valence-corrected chi connectivity index (χ4v) is 3.61. The standard InChI is InChI=1S/C21H35N7O6/c1-5-11(3)14(18(30)31)23-8-7-9-24-21(19(32)33,12(4)6-2)34-10-13-25-15-16(26-13)27-20(22)28-17(15)29/h11-12,14,23-24H,5-10H2,1-4H3,(H,30,31)(H,32,33)(H4,22,25,26,27,28,29)/t11-,12-,14-,21+/m0/s1. The van der Waals surface area contributed by atoms with E-state index in [-0.39, 0.29) is 42.0 Å². The number of aromatic nitrogens is 4. The van der Waals surface area contributed by atoms with Gasteiger partial charge in [0.05, 0.1) is 0 Å². The molecule has 0 bridgehead atoms. The number of carbonyl (C=O) groups is 2. The van der Waals surface area contributed by atoms with Crippen molar-refractivity contribution in [1.82, 2.24) is 30.6 Å². The summed E-state index contributed by atoms with van der Waals surface area (Å²) >= 11 is 0. The van der Waals surface area contributed by atoms with Crippen LogP contribution in [0.1, 0.15) is 52.8 Å². The number of carboxylic acids is 2. The topological polar surface area (TPSA) is 208 Å². The summed E-state index contributed by atoms with van der Waals surface area (Å²) in [7, 11) is 0. The molecule has 0 amide bonds. The van der Waals surface area contributed by atoms with E-state index in [1.165, 1.54) is 0 Å². The molecule has 0 radical (unpaired) electrons. The van der Waals surface area contributed by atoms with Crippen LogP contribution in [0.2, 0.25) is 0 Å². The van der Waals surface area contributed by atoms with Gasteiger partial charge in [0.2, 0.25) is 11.7 Å². The zero-order chi connectivity index (χ0) is 25.5. The highest BCUT2D eigenvalue weighted by atomic mass is 16.5. The van der Waals surface area contributed by atoms with E-state index < -0.39 is 35.2 Å². The van der Waals surface area contributed by atoms with Gasteiger partial charge in [-0.25, -0.2) is 9.78 Å². The second kappa shape index (κ2) is 11.9. The van der Waals surface area contributed by atoms with Crippen LogP contribution in [0, 0.1) is 11.8 Å². The SMILES string of the molecule is CC[C@H](C)[C@H](NCCCN[C@](OCc1nc2nc(N)[nH]c(=O)c2[nH]1)(C(=O)O)[C@@H](C)CC)C(=O)O. The van der Waals surface area contributed by atoms with Crippen molar-refractivity contribution >= 4 is 29.1 Å². The van der Waals surface area contributed by atoms with Crippen LogP contribution in [-0.2, 0) is 20.9 Å². The molecule has 13 heteroatoms. The van der Waals surface area contributed by atoms with Crippen LogP contribution in [0.15, 0.2) is 4.79 Å². The number of nitrogen functional groups attached to an aromatic ring is 1. The summed E-state index contributed by atoms with van der Waals surface area (Å²) < 4.78 is 5.86. The van der Waals surface area contributed by atoms with Gasteiger partial charge in [0, 0.05) is 5.92 Å². The Hall–Kier alpha value is -3.03. The Bertz CT molecular complexity index is 1040. The number of imidazole rings is 1. The van der Waals surface area contributed by atoms with Gasteiger partial charge in [-0.3, -0.25) is 19.9 Å².